The lowest BCUT2D eigenvalue weighted by Gasteiger charge is -2.36. The number of carbonyl (C=O) groups is 1. The van der Waals surface area contributed by atoms with E-state index in [0.29, 0.717) is 38.4 Å². The molecular weight excluding hydrogens is 206 g/mol. The van der Waals surface area contributed by atoms with Gasteiger partial charge < -0.3 is 15.2 Å². The number of carbonyl (C=O) groups excluding carboxylic acids is 1. The Balaban J connectivity index is 2.39. The van der Waals surface area contributed by atoms with Gasteiger partial charge in [-0.15, -0.1) is 0 Å². The van der Waals surface area contributed by atoms with Crippen molar-refractivity contribution >= 4 is 5.91 Å². The Bertz CT molecular complexity index is 222. The first-order chi connectivity index (χ1) is 7.58. The van der Waals surface area contributed by atoms with Crippen LogP contribution in [0.15, 0.2) is 0 Å². The van der Waals surface area contributed by atoms with E-state index in [2.05, 4.69) is 19.2 Å². The monoisotopic (exact) mass is 229 g/mol. The SMILES string of the molecule is CC(C)CCC(=O)NC1(CO)CCOCC1. The molecule has 1 rings (SSSR count). The molecule has 1 aliphatic rings. The number of aliphatic hydroxyl groups excluding tert-OH is 1. The van der Waals surface area contributed by atoms with Crippen molar-refractivity contribution in [3.05, 3.63) is 0 Å². The van der Waals surface area contributed by atoms with E-state index in [1.807, 2.05) is 0 Å². The van der Waals surface area contributed by atoms with Crippen molar-refractivity contribution in [2.45, 2.75) is 45.1 Å². The molecule has 0 aromatic heterocycles. The summed E-state index contributed by atoms with van der Waals surface area (Å²) in [6, 6.07) is 0. The topological polar surface area (TPSA) is 58.6 Å². The van der Waals surface area contributed by atoms with Crippen LogP contribution < -0.4 is 5.32 Å². The number of hydrogen-bond donors (Lipinski definition) is 2. The minimum atomic E-state index is -0.438. The zero-order valence-corrected chi connectivity index (χ0v) is 10.3. The molecule has 0 bridgehead atoms. The Morgan fingerprint density at radius 2 is 2.06 bits per heavy atom. The third-order valence-electron chi connectivity index (χ3n) is 3.11. The van der Waals surface area contributed by atoms with Crippen LogP contribution in [0.3, 0.4) is 0 Å². The summed E-state index contributed by atoms with van der Waals surface area (Å²) in [5, 5.41) is 12.4. The minimum absolute atomic E-state index is 0.00375. The number of amides is 1. The van der Waals surface area contributed by atoms with Crippen molar-refractivity contribution in [2.24, 2.45) is 5.92 Å². The zero-order valence-electron chi connectivity index (χ0n) is 10.3. The van der Waals surface area contributed by atoms with Crippen LogP contribution in [0.25, 0.3) is 0 Å². The van der Waals surface area contributed by atoms with Crippen molar-refractivity contribution < 1.29 is 14.6 Å². The van der Waals surface area contributed by atoms with Gasteiger partial charge in [0.15, 0.2) is 0 Å². The van der Waals surface area contributed by atoms with E-state index in [4.69, 9.17) is 4.74 Å². The Labute approximate surface area is 97.4 Å². The van der Waals surface area contributed by atoms with Crippen LogP contribution in [0.5, 0.6) is 0 Å². The lowest BCUT2D eigenvalue weighted by Crippen LogP contribution is -2.54. The lowest BCUT2D eigenvalue weighted by atomic mass is 9.90. The van der Waals surface area contributed by atoms with Gasteiger partial charge in [0.1, 0.15) is 0 Å². The molecule has 16 heavy (non-hydrogen) atoms. The standard InChI is InChI=1S/C12H23NO3/c1-10(2)3-4-11(15)13-12(9-14)5-7-16-8-6-12/h10,14H,3-9H2,1-2H3,(H,13,15). The second-order valence-electron chi connectivity index (χ2n) is 5.03. The molecule has 0 aliphatic carbocycles. The summed E-state index contributed by atoms with van der Waals surface area (Å²) in [6.07, 6.45) is 2.85. The van der Waals surface area contributed by atoms with Crippen LogP contribution >= 0.6 is 0 Å². The molecule has 0 radical (unpaired) electrons. The second kappa shape index (κ2) is 6.21. The maximum absolute atomic E-state index is 11.7. The smallest absolute Gasteiger partial charge is 0.220 e. The van der Waals surface area contributed by atoms with E-state index in [1.165, 1.54) is 0 Å². The molecule has 0 spiro atoms. The number of aliphatic hydroxyl groups is 1. The zero-order chi connectivity index (χ0) is 12.0. The van der Waals surface area contributed by atoms with Crippen molar-refractivity contribution in [3.8, 4) is 0 Å². The van der Waals surface area contributed by atoms with Crippen molar-refractivity contribution in [3.63, 3.8) is 0 Å². The van der Waals surface area contributed by atoms with Gasteiger partial charge in [-0.05, 0) is 25.2 Å². The largest absolute Gasteiger partial charge is 0.394 e. The average molecular weight is 229 g/mol. The molecule has 1 saturated heterocycles. The summed E-state index contributed by atoms with van der Waals surface area (Å²) in [6.45, 7) is 5.44. The summed E-state index contributed by atoms with van der Waals surface area (Å²) < 4.78 is 5.24. The summed E-state index contributed by atoms with van der Waals surface area (Å²) in [5.41, 5.74) is -0.438. The maximum atomic E-state index is 11.7. The fourth-order valence-electron chi connectivity index (χ4n) is 1.86. The van der Waals surface area contributed by atoms with Crippen LogP contribution in [0.1, 0.15) is 39.5 Å². The van der Waals surface area contributed by atoms with E-state index in [1.54, 1.807) is 0 Å². The number of nitrogens with one attached hydrogen (secondary N) is 1. The van der Waals surface area contributed by atoms with Gasteiger partial charge >= 0.3 is 0 Å². The normalized spacial score (nSPS) is 19.8. The highest BCUT2D eigenvalue weighted by Crippen LogP contribution is 2.20. The quantitative estimate of drug-likeness (QED) is 0.741. The van der Waals surface area contributed by atoms with E-state index >= 15 is 0 Å². The van der Waals surface area contributed by atoms with Crippen LogP contribution in [0.4, 0.5) is 0 Å². The Kier molecular flexibility index (Phi) is 5.22. The third kappa shape index (κ3) is 4.10. The average Bonchev–Trinajstić information content (AvgIpc) is 2.28. The first-order valence-corrected chi connectivity index (χ1v) is 6.07. The van der Waals surface area contributed by atoms with E-state index < -0.39 is 5.54 Å². The van der Waals surface area contributed by atoms with Crippen molar-refractivity contribution in [1.29, 1.82) is 0 Å². The van der Waals surface area contributed by atoms with Gasteiger partial charge in [-0.25, -0.2) is 0 Å². The fraction of sp³-hybridized carbons (Fsp3) is 0.917. The third-order valence-corrected chi connectivity index (χ3v) is 3.11. The lowest BCUT2D eigenvalue weighted by molar-refractivity contribution is -0.125. The fourth-order valence-corrected chi connectivity index (χ4v) is 1.86. The Hall–Kier alpha value is -0.610. The summed E-state index contributed by atoms with van der Waals surface area (Å²) in [5.74, 6) is 0.579. The number of hydrogen-bond acceptors (Lipinski definition) is 3. The molecule has 1 heterocycles. The highest BCUT2D eigenvalue weighted by molar-refractivity contribution is 5.76. The Morgan fingerprint density at radius 3 is 2.56 bits per heavy atom. The highest BCUT2D eigenvalue weighted by atomic mass is 16.5. The van der Waals surface area contributed by atoms with Gasteiger partial charge in [-0.2, -0.15) is 0 Å². The molecule has 1 amide bonds. The summed E-state index contributed by atoms with van der Waals surface area (Å²) in [4.78, 5) is 11.7. The molecular formula is C12H23NO3. The molecule has 0 saturated carbocycles. The van der Waals surface area contributed by atoms with E-state index in [-0.39, 0.29) is 12.5 Å². The minimum Gasteiger partial charge on any atom is -0.394 e. The van der Waals surface area contributed by atoms with Crippen LogP contribution in [0.2, 0.25) is 0 Å². The molecule has 1 aliphatic heterocycles. The molecule has 2 N–H and O–H groups in total. The predicted molar refractivity (Wildman–Crippen MR) is 62.1 cm³/mol. The van der Waals surface area contributed by atoms with Crippen molar-refractivity contribution in [2.75, 3.05) is 19.8 Å². The van der Waals surface area contributed by atoms with Gasteiger partial charge in [-0.1, -0.05) is 13.8 Å². The molecule has 0 aromatic carbocycles. The molecule has 0 atom stereocenters. The molecule has 0 aromatic rings. The van der Waals surface area contributed by atoms with Gasteiger partial charge in [0, 0.05) is 19.6 Å². The first-order valence-electron chi connectivity index (χ1n) is 6.07. The predicted octanol–water partition coefficient (Wildman–Crippen LogP) is 1.08. The van der Waals surface area contributed by atoms with Crippen LogP contribution in [-0.2, 0) is 9.53 Å². The van der Waals surface area contributed by atoms with Crippen LogP contribution in [0, 0.1) is 5.92 Å². The van der Waals surface area contributed by atoms with Gasteiger partial charge in [0.05, 0.1) is 12.1 Å². The molecule has 1 fully saturated rings. The maximum Gasteiger partial charge on any atom is 0.220 e. The molecule has 0 unspecified atom stereocenters. The van der Waals surface area contributed by atoms with Crippen molar-refractivity contribution in [1.82, 2.24) is 5.32 Å². The first kappa shape index (κ1) is 13.5. The number of ether oxygens (including phenoxy) is 1. The highest BCUT2D eigenvalue weighted by Gasteiger charge is 2.33. The van der Waals surface area contributed by atoms with E-state index in [0.717, 1.165) is 6.42 Å². The Morgan fingerprint density at radius 1 is 1.44 bits per heavy atom. The molecule has 94 valence electrons. The van der Waals surface area contributed by atoms with Crippen LogP contribution in [-0.4, -0.2) is 36.4 Å². The summed E-state index contributed by atoms with van der Waals surface area (Å²) >= 11 is 0. The second-order valence-corrected chi connectivity index (χ2v) is 5.03. The molecule has 4 heteroatoms. The van der Waals surface area contributed by atoms with Gasteiger partial charge in [-0.3, -0.25) is 4.79 Å². The van der Waals surface area contributed by atoms with Gasteiger partial charge in [0.2, 0.25) is 5.91 Å². The summed E-state index contributed by atoms with van der Waals surface area (Å²) in [7, 11) is 0. The number of rotatable bonds is 5. The molecule has 4 nitrogen and oxygen atoms in total. The van der Waals surface area contributed by atoms with E-state index in [9.17, 15) is 9.90 Å². The van der Waals surface area contributed by atoms with Gasteiger partial charge in [0.25, 0.3) is 0 Å².